The van der Waals surface area contributed by atoms with Gasteiger partial charge in [-0.2, -0.15) is 0 Å². The molecule has 0 aromatic rings. The van der Waals surface area contributed by atoms with Crippen molar-refractivity contribution in [3.63, 3.8) is 0 Å². The fraction of sp³-hybridized carbons (Fsp3) is 1.00. The molecule has 0 spiro atoms. The second-order valence-electron chi connectivity index (χ2n) is 3.52. The van der Waals surface area contributed by atoms with Gasteiger partial charge < -0.3 is 19.3 Å². The van der Waals surface area contributed by atoms with Crippen LogP contribution < -0.4 is 0 Å². The van der Waals surface area contributed by atoms with Gasteiger partial charge in [-0.05, 0) is 19.3 Å². The molecule has 13 heavy (non-hydrogen) atoms. The molecule has 0 bridgehead atoms. The molecule has 0 aromatic heterocycles. The van der Waals surface area contributed by atoms with Crippen LogP contribution in [0.15, 0.2) is 0 Å². The van der Waals surface area contributed by atoms with Crippen LogP contribution in [-0.4, -0.2) is 43.4 Å². The lowest BCUT2D eigenvalue weighted by atomic mass is 10.2. The molecule has 2 heterocycles. The Balaban J connectivity index is 1.76. The van der Waals surface area contributed by atoms with Crippen molar-refractivity contribution in [1.29, 1.82) is 0 Å². The molecule has 3 unspecified atom stereocenters. The molecule has 2 rings (SSSR count). The van der Waals surface area contributed by atoms with Gasteiger partial charge in [0, 0.05) is 13.2 Å². The fourth-order valence-electron chi connectivity index (χ4n) is 1.78. The molecule has 2 fully saturated rings. The summed E-state index contributed by atoms with van der Waals surface area (Å²) in [4.78, 5) is 0. The first-order valence-corrected chi connectivity index (χ1v) is 4.89. The Bertz CT molecular complexity index is 156. The van der Waals surface area contributed by atoms with Crippen LogP contribution in [0, 0.1) is 0 Å². The molecule has 1 N–H and O–H groups in total. The van der Waals surface area contributed by atoms with E-state index >= 15 is 0 Å². The fourth-order valence-corrected chi connectivity index (χ4v) is 1.78. The molecule has 4 nitrogen and oxygen atoms in total. The third-order valence-corrected chi connectivity index (χ3v) is 2.49. The number of rotatable bonds is 3. The minimum atomic E-state index is -0.195. The van der Waals surface area contributed by atoms with E-state index in [0.717, 1.165) is 19.4 Å². The van der Waals surface area contributed by atoms with Crippen molar-refractivity contribution >= 4 is 0 Å². The zero-order chi connectivity index (χ0) is 9.10. The Morgan fingerprint density at radius 3 is 2.92 bits per heavy atom. The van der Waals surface area contributed by atoms with Crippen molar-refractivity contribution in [3.8, 4) is 0 Å². The van der Waals surface area contributed by atoms with Crippen LogP contribution in [0.25, 0.3) is 0 Å². The number of hydrogen-bond donors (Lipinski definition) is 1. The van der Waals surface area contributed by atoms with Crippen LogP contribution in [-0.2, 0) is 14.2 Å². The minimum absolute atomic E-state index is 0.0548. The van der Waals surface area contributed by atoms with Crippen molar-refractivity contribution in [3.05, 3.63) is 0 Å². The van der Waals surface area contributed by atoms with Gasteiger partial charge in [0.05, 0.1) is 12.7 Å². The molecule has 0 aliphatic carbocycles. The van der Waals surface area contributed by atoms with Gasteiger partial charge in [0.25, 0.3) is 0 Å². The highest BCUT2D eigenvalue weighted by Crippen LogP contribution is 2.24. The van der Waals surface area contributed by atoms with Gasteiger partial charge in [-0.25, -0.2) is 0 Å². The third-order valence-electron chi connectivity index (χ3n) is 2.49. The van der Waals surface area contributed by atoms with Crippen LogP contribution in [0.3, 0.4) is 0 Å². The summed E-state index contributed by atoms with van der Waals surface area (Å²) in [5.41, 5.74) is 0. The van der Waals surface area contributed by atoms with Crippen LogP contribution in [0.4, 0.5) is 0 Å². The number of hydrogen-bond acceptors (Lipinski definition) is 4. The molecule has 76 valence electrons. The maximum Gasteiger partial charge on any atom is 0.184 e. The molecule has 0 radical (unpaired) electrons. The highest BCUT2D eigenvalue weighted by Gasteiger charge is 2.34. The van der Waals surface area contributed by atoms with Gasteiger partial charge in [-0.15, -0.1) is 0 Å². The second-order valence-corrected chi connectivity index (χ2v) is 3.52. The van der Waals surface area contributed by atoms with E-state index < -0.39 is 0 Å². The predicted octanol–water partition coefficient (Wildman–Crippen LogP) is 0.289. The van der Waals surface area contributed by atoms with Crippen molar-refractivity contribution in [2.75, 3.05) is 19.8 Å². The summed E-state index contributed by atoms with van der Waals surface area (Å²) in [6.45, 7) is 1.57. The average Bonchev–Trinajstić information content (AvgIpc) is 2.70. The Morgan fingerprint density at radius 2 is 2.23 bits per heavy atom. The Morgan fingerprint density at radius 1 is 1.31 bits per heavy atom. The van der Waals surface area contributed by atoms with Crippen LogP contribution in [0.5, 0.6) is 0 Å². The van der Waals surface area contributed by atoms with Gasteiger partial charge in [0.15, 0.2) is 6.29 Å². The molecular weight excluding hydrogens is 172 g/mol. The maximum atomic E-state index is 8.71. The van der Waals surface area contributed by atoms with E-state index in [1.807, 2.05) is 0 Å². The van der Waals surface area contributed by atoms with Crippen LogP contribution in [0.2, 0.25) is 0 Å². The summed E-state index contributed by atoms with van der Waals surface area (Å²) < 4.78 is 16.5. The molecule has 2 saturated heterocycles. The molecule has 0 aromatic carbocycles. The quantitative estimate of drug-likeness (QED) is 0.691. The highest BCUT2D eigenvalue weighted by molar-refractivity contribution is 4.75. The molecule has 3 atom stereocenters. The van der Waals surface area contributed by atoms with E-state index in [1.165, 1.54) is 0 Å². The first-order chi connectivity index (χ1) is 6.40. The molecule has 0 saturated carbocycles. The zero-order valence-electron chi connectivity index (χ0n) is 7.65. The van der Waals surface area contributed by atoms with E-state index in [1.54, 1.807) is 0 Å². The number of ether oxygens (including phenoxy) is 3. The normalized spacial score (nSPS) is 39.9. The molecule has 2 aliphatic rings. The maximum absolute atomic E-state index is 8.71. The van der Waals surface area contributed by atoms with Crippen LogP contribution in [0.1, 0.15) is 19.3 Å². The van der Waals surface area contributed by atoms with Crippen molar-refractivity contribution in [2.45, 2.75) is 37.8 Å². The number of aliphatic hydroxyl groups excluding tert-OH is 1. The third kappa shape index (κ3) is 2.20. The van der Waals surface area contributed by atoms with Gasteiger partial charge >= 0.3 is 0 Å². The summed E-state index contributed by atoms with van der Waals surface area (Å²) in [6.07, 6.45) is 2.75. The lowest BCUT2D eigenvalue weighted by molar-refractivity contribution is -0.136. The monoisotopic (exact) mass is 188 g/mol. The van der Waals surface area contributed by atoms with Crippen molar-refractivity contribution in [1.82, 2.24) is 0 Å². The summed E-state index contributed by atoms with van der Waals surface area (Å²) in [7, 11) is 0. The molecule has 2 aliphatic heterocycles. The topological polar surface area (TPSA) is 47.9 Å². The summed E-state index contributed by atoms with van der Waals surface area (Å²) in [5.74, 6) is 0. The highest BCUT2D eigenvalue weighted by atomic mass is 16.7. The Kier molecular flexibility index (Phi) is 3.16. The summed E-state index contributed by atoms with van der Waals surface area (Å²) >= 11 is 0. The van der Waals surface area contributed by atoms with Crippen molar-refractivity contribution < 1.29 is 19.3 Å². The first kappa shape index (κ1) is 9.40. The van der Waals surface area contributed by atoms with Crippen molar-refractivity contribution in [2.24, 2.45) is 0 Å². The second kappa shape index (κ2) is 4.37. The predicted molar refractivity (Wildman–Crippen MR) is 45.3 cm³/mol. The van der Waals surface area contributed by atoms with Gasteiger partial charge in [-0.3, -0.25) is 0 Å². The number of aliphatic hydroxyl groups is 1. The van der Waals surface area contributed by atoms with E-state index in [0.29, 0.717) is 13.0 Å². The summed E-state index contributed by atoms with van der Waals surface area (Å²) in [6, 6.07) is 0. The van der Waals surface area contributed by atoms with Gasteiger partial charge in [-0.1, -0.05) is 0 Å². The van der Waals surface area contributed by atoms with E-state index in [4.69, 9.17) is 19.3 Å². The molecule has 4 heteroatoms. The van der Waals surface area contributed by atoms with Gasteiger partial charge in [0.1, 0.15) is 6.10 Å². The molecule has 0 amide bonds. The Labute approximate surface area is 77.8 Å². The minimum Gasteiger partial charge on any atom is -0.396 e. The lowest BCUT2D eigenvalue weighted by Crippen LogP contribution is -2.27. The largest absolute Gasteiger partial charge is 0.396 e. The SMILES string of the molecule is OCCC1COC(C2CCCO2)O1. The van der Waals surface area contributed by atoms with Crippen LogP contribution >= 0.6 is 0 Å². The van der Waals surface area contributed by atoms with E-state index in [2.05, 4.69) is 0 Å². The first-order valence-electron chi connectivity index (χ1n) is 4.89. The molecular formula is C9H16O4. The lowest BCUT2D eigenvalue weighted by Gasteiger charge is -2.16. The zero-order valence-corrected chi connectivity index (χ0v) is 7.65. The van der Waals surface area contributed by atoms with Gasteiger partial charge in [0.2, 0.25) is 0 Å². The summed E-state index contributed by atoms with van der Waals surface area (Å²) in [5, 5.41) is 8.71. The smallest absolute Gasteiger partial charge is 0.184 e. The Hall–Kier alpha value is -0.160. The van der Waals surface area contributed by atoms with E-state index in [9.17, 15) is 0 Å². The standard InChI is InChI=1S/C9H16O4/c10-4-3-7-6-12-9(13-7)8-2-1-5-11-8/h7-10H,1-6H2. The average molecular weight is 188 g/mol. The van der Waals surface area contributed by atoms with E-state index in [-0.39, 0.29) is 25.1 Å².